The van der Waals surface area contributed by atoms with Crippen molar-refractivity contribution in [2.45, 2.75) is 26.9 Å². The summed E-state index contributed by atoms with van der Waals surface area (Å²) in [5.41, 5.74) is 4.72. The predicted molar refractivity (Wildman–Crippen MR) is 120 cm³/mol. The van der Waals surface area contributed by atoms with Gasteiger partial charge in [-0.1, -0.05) is 48.9 Å². The van der Waals surface area contributed by atoms with E-state index in [9.17, 15) is 4.79 Å². The van der Waals surface area contributed by atoms with Crippen LogP contribution in [-0.2, 0) is 13.0 Å². The second-order valence-corrected chi connectivity index (χ2v) is 7.62. The van der Waals surface area contributed by atoms with E-state index in [1.165, 1.54) is 11.1 Å². The number of hydrogen-bond acceptors (Lipinski definition) is 3. The molecule has 0 unspecified atom stereocenters. The summed E-state index contributed by atoms with van der Waals surface area (Å²) in [7, 11) is 1.56. The summed E-state index contributed by atoms with van der Waals surface area (Å²) >= 11 is 3.51. The van der Waals surface area contributed by atoms with Gasteiger partial charge in [0.15, 0.2) is 11.5 Å². The zero-order chi connectivity index (χ0) is 20.8. The molecule has 0 aliphatic rings. The van der Waals surface area contributed by atoms with Gasteiger partial charge in [-0.25, -0.2) is 0 Å². The van der Waals surface area contributed by atoms with Gasteiger partial charge >= 0.3 is 0 Å². The molecule has 0 heterocycles. The zero-order valence-electron chi connectivity index (χ0n) is 16.8. The van der Waals surface area contributed by atoms with Crippen molar-refractivity contribution in [1.82, 2.24) is 0 Å². The molecule has 0 atom stereocenters. The summed E-state index contributed by atoms with van der Waals surface area (Å²) in [4.78, 5) is 12.7. The second-order valence-electron chi connectivity index (χ2n) is 6.77. The van der Waals surface area contributed by atoms with Crippen LogP contribution in [-0.4, -0.2) is 13.0 Å². The number of benzene rings is 3. The van der Waals surface area contributed by atoms with Gasteiger partial charge < -0.3 is 14.8 Å². The average Bonchev–Trinajstić information content (AvgIpc) is 2.74. The van der Waals surface area contributed by atoms with Gasteiger partial charge in [0.05, 0.1) is 11.6 Å². The Hall–Kier alpha value is -2.79. The molecule has 0 fully saturated rings. The van der Waals surface area contributed by atoms with E-state index in [0.29, 0.717) is 28.1 Å². The number of nitrogens with one attached hydrogen (secondary N) is 1. The standard InChI is InChI=1S/C24H24BrNO3/c1-4-17-9-11-20(12-10-17)26-24(27)19-13-21(25)23(22(14-19)28-3)29-15-18-7-5-16(2)6-8-18/h5-14H,4,15H2,1-3H3,(H,26,27). The summed E-state index contributed by atoms with van der Waals surface area (Å²) in [6.07, 6.45) is 0.961. The molecule has 0 aliphatic carbocycles. The monoisotopic (exact) mass is 453 g/mol. The van der Waals surface area contributed by atoms with Gasteiger partial charge in [0.1, 0.15) is 6.61 Å². The van der Waals surface area contributed by atoms with Crippen molar-refractivity contribution in [3.63, 3.8) is 0 Å². The fraction of sp³-hybridized carbons (Fsp3) is 0.208. The molecule has 0 radical (unpaired) electrons. The minimum absolute atomic E-state index is 0.210. The van der Waals surface area contributed by atoms with Crippen molar-refractivity contribution in [2.24, 2.45) is 0 Å². The maximum absolute atomic E-state index is 12.7. The van der Waals surface area contributed by atoms with Gasteiger partial charge in [0.2, 0.25) is 0 Å². The smallest absolute Gasteiger partial charge is 0.255 e. The van der Waals surface area contributed by atoms with E-state index in [1.54, 1.807) is 19.2 Å². The summed E-state index contributed by atoms with van der Waals surface area (Å²) in [6, 6.07) is 19.4. The minimum atomic E-state index is -0.210. The van der Waals surface area contributed by atoms with Crippen LogP contribution in [0, 0.1) is 6.92 Å². The van der Waals surface area contributed by atoms with Crippen LogP contribution in [0.4, 0.5) is 5.69 Å². The molecular formula is C24H24BrNO3. The van der Waals surface area contributed by atoms with Crippen molar-refractivity contribution in [3.05, 3.63) is 87.4 Å². The first kappa shape index (κ1) is 20.9. The second kappa shape index (κ2) is 9.61. The highest BCUT2D eigenvalue weighted by atomic mass is 79.9. The van der Waals surface area contributed by atoms with Gasteiger partial charge in [0.25, 0.3) is 5.91 Å². The SMILES string of the molecule is CCc1ccc(NC(=O)c2cc(Br)c(OCc3ccc(C)cc3)c(OC)c2)cc1. The Balaban J connectivity index is 1.75. The van der Waals surface area contributed by atoms with E-state index in [0.717, 1.165) is 17.7 Å². The van der Waals surface area contributed by atoms with Crippen LogP contribution in [0.3, 0.4) is 0 Å². The van der Waals surface area contributed by atoms with Crippen LogP contribution in [0.25, 0.3) is 0 Å². The van der Waals surface area contributed by atoms with Gasteiger partial charge in [-0.05, 0) is 64.7 Å². The first-order valence-corrected chi connectivity index (χ1v) is 10.3. The summed E-state index contributed by atoms with van der Waals surface area (Å²) < 4.78 is 12.1. The van der Waals surface area contributed by atoms with Crippen molar-refractivity contribution in [1.29, 1.82) is 0 Å². The number of ether oxygens (including phenoxy) is 2. The maximum Gasteiger partial charge on any atom is 0.255 e. The number of rotatable bonds is 7. The topological polar surface area (TPSA) is 47.6 Å². The van der Waals surface area contributed by atoms with E-state index in [1.807, 2.05) is 55.5 Å². The average molecular weight is 454 g/mol. The van der Waals surface area contributed by atoms with Crippen LogP contribution in [0.15, 0.2) is 65.1 Å². The van der Waals surface area contributed by atoms with Crippen LogP contribution in [0.5, 0.6) is 11.5 Å². The Morgan fingerprint density at radius 1 is 1.00 bits per heavy atom. The molecule has 1 N–H and O–H groups in total. The number of carbonyl (C=O) groups excluding carboxylic acids is 1. The quantitative estimate of drug-likeness (QED) is 0.465. The molecule has 3 aromatic rings. The number of carbonyl (C=O) groups is 1. The molecule has 29 heavy (non-hydrogen) atoms. The lowest BCUT2D eigenvalue weighted by Crippen LogP contribution is -2.12. The van der Waals surface area contributed by atoms with Crippen molar-refractivity contribution in [2.75, 3.05) is 12.4 Å². The lowest BCUT2D eigenvalue weighted by Gasteiger charge is -2.15. The molecule has 0 spiro atoms. The molecule has 0 aromatic heterocycles. The molecule has 4 nitrogen and oxygen atoms in total. The Morgan fingerprint density at radius 3 is 2.28 bits per heavy atom. The van der Waals surface area contributed by atoms with Gasteiger partial charge in [-0.15, -0.1) is 0 Å². The van der Waals surface area contributed by atoms with E-state index >= 15 is 0 Å². The van der Waals surface area contributed by atoms with Crippen molar-refractivity contribution >= 4 is 27.5 Å². The first-order valence-electron chi connectivity index (χ1n) is 9.46. The summed E-state index contributed by atoms with van der Waals surface area (Å²) in [5.74, 6) is 0.855. The van der Waals surface area contributed by atoms with Gasteiger partial charge in [0, 0.05) is 11.3 Å². The highest BCUT2D eigenvalue weighted by molar-refractivity contribution is 9.10. The third-order valence-corrected chi connectivity index (χ3v) is 5.20. The minimum Gasteiger partial charge on any atom is -0.493 e. The Kier molecular flexibility index (Phi) is 6.94. The predicted octanol–water partition coefficient (Wildman–Crippen LogP) is 6.16. The molecule has 0 saturated carbocycles. The van der Waals surface area contributed by atoms with Crippen LogP contribution in [0.2, 0.25) is 0 Å². The van der Waals surface area contributed by atoms with Crippen LogP contribution < -0.4 is 14.8 Å². The Morgan fingerprint density at radius 2 is 1.66 bits per heavy atom. The molecule has 3 rings (SSSR count). The Labute approximate surface area is 180 Å². The molecule has 0 saturated heterocycles. The first-order chi connectivity index (χ1) is 14.0. The molecular weight excluding hydrogens is 430 g/mol. The number of aryl methyl sites for hydroxylation is 2. The third kappa shape index (κ3) is 5.39. The molecule has 5 heteroatoms. The Bertz CT molecular complexity index is 982. The number of halogens is 1. The van der Waals surface area contributed by atoms with E-state index in [2.05, 4.69) is 28.2 Å². The van der Waals surface area contributed by atoms with E-state index in [4.69, 9.17) is 9.47 Å². The van der Waals surface area contributed by atoms with Gasteiger partial charge in [-0.2, -0.15) is 0 Å². The lowest BCUT2D eigenvalue weighted by molar-refractivity contribution is 0.102. The fourth-order valence-corrected chi connectivity index (χ4v) is 3.41. The highest BCUT2D eigenvalue weighted by Gasteiger charge is 2.16. The highest BCUT2D eigenvalue weighted by Crippen LogP contribution is 2.37. The number of hydrogen-bond donors (Lipinski definition) is 1. The summed E-state index contributed by atoms with van der Waals surface area (Å²) in [6.45, 7) is 4.55. The van der Waals surface area contributed by atoms with Gasteiger partial charge in [-0.3, -0.25) is 4.79 Å². The van der Waals surface area contributed by atoms with Crippen LogP contribution in [0.1, 0.15) is 34.0 Å². The van der Waals surface area contributed by atoms with E-state index < -0.39 is 0 Å². The molecule has 150 valence electrons. The fourth-order valence-electron chi connectivity index (χ4n) is 2.86. The van der Waals surface area contributed by atoms with Crippen LogP contribution >= 0.6 is 15.9 Å². The lowest BCUT2D eigenvalue weighted by atomic mass is 10.1. The normalized spacial score (nSPS) is 10.5. The maximum atomic E-state index is 12.7. The zero-order valence-corrected chi connectivity index (χ0v) is 18.4. The number of amides is 1. The van der Waals surface area contributed by atoms with Crippen molar-refractivity contribution < 1.29 is 14.3 Å². The van der Waals surface area contributed by atoms with E-state index in [-0.39, 0.29) is 5.91 Å². The third-order valence-electron chi connectivity index (χ3n) is 4.62. The molecule has 3 aromatic carbocycles. The molecule has 1 amide bonds. The summed E-state index contributed by atoms with van der Waals surface area (Å²) in [5, 5.41) is 2.91. The largest absolute Gasteiger partial charge is 0.493 e. The number of anilines is 1. The molecule has 0 aliphatic heterocycles. The van der Waals surface area contributed by atoms with Crippen molar-refractivity contribution in [3.8, 4) is 11.5 Å². The number of methoxy groups -OCH3 is 1. The molecule has 0 bridgehead atoms.